The topological polar surface area (TPSA) is 41.9 Å². The maximum atomic E-state index is 10.2. The van der Waals surface area contributed by atoms with Crippen molar-refractivity contribution >= 4 is 0 Å². The number of aliphatic hydroxyl groups excluding tert-OH is 1. The van der Waals surface area contributed by atoms with Gasteiger partial charge in [0.1, 0.15) is 5.75 Å². The van der Waals surface area contributed by atoms with Crippen LogP contribution in [0, 0.1) is 5.92 Å². The zero-order chi connectivity index (χ0) is 15.8. The van der Waals surface area contributed by atoms with Crippen molar-refractivity contribution in [1.29, 1.82) is 0 Å². The van der Waals surface area contributed by atoms with Gasteiger partial charge in [-0.25, -0.2) is 0 Å². The SMILES string of the molecule is CCCN(CC1CC1)C[C@@H](O)COCc1ccccc1OC. The normalized spacial score (nSPS) is 16.0. The maximum absolute atomic E-state index is 10.2. The second-order valence-corrected chi connectivity index (χ2v) is 6.18. The van der Waals surface area contributed by atoms with E-state index in [1.54, 1.807) is 7.11 Å². The summed E-state index contributed by atoms with van der Waals surface area (Å²) in [7, 11) is 1.66. The van der Waals surface area contributed by atoms with Crippen molar-refractivity contribution in [3.63, 3.8) is 0 Å². The van der Waals surface area contributed by atoms with Crippen molar-refractivity contribution in [3.8, 4) is 5.75 Å². The van der Waals surface area contributed by atoms with Crippen LogP contribution in [0.2, 0.25) is 0 Å². The molecule has 1 aromatic carbocycles. The molecule has 1 N–H and O–H groups in total. The first-order valence-electron chi connectivity index (χ1n) is 8.33. The van der Waals surface area contributed by atoms with Gasteiger partial charge in [-0.1, -0.05) is 25.1 Å². The number of rotatable bonds is 11. The van der Waals surface area contributed by atoms with E-state index in [1.165, 1.54) is 12.8 Å². The minimum atomic E-state index is -0.431. The first kappa shape index (κ1) is 17.3. The van der Waals surface area contributed by atoms with E-state index in [0.717, 1.165) is 36.7 Å². The van der Waals surface area contributed by atoms with E-state index in [2.05, 4.69) is 11.8 Å². The van der Waals surface area contributed by atoms with Gasteiger partial charge in [0.25, 0.3) is 0 Å². The number of ether oxygens (including phenoxy) is 2. The van der Waals surface area contributed by atoms with Gasteiger partial charge < -0.3 is 19.5 Å². The summed E-state index contributed by atoms with van der Waals surface area (Å²) < 4.78 is 11.0. The summed E-state index contributed by atoms with van der Waals surface area (Å²) in [5, 5.41) is 10.2. The molecule has 0 aromatic heterocycles. The van der Waals surface area contributed by atoms with Crippen molar-refractivity contribution < 1.29 is 14.6 Å². The Morgan fingerprint density at radius 2 is 2.09 bits per heavy atom. The van der Waals surface area contributed by atoms with Crippen molar-refractivity contribution in [3.05, 3.63) is 29.8 Å². The first-order valence-corrected chi connectivity index (χ1v) is 8.33. The van der Waals surface area contributed by atoms with E-state index in [1.807, 2.05) is 24.3 Å². The Labute approximate surface area is 134 Å². The summed E-state index contributed by atoms with van der Waals surface area (Å²) in [6.45, 7) is 5.90. The molecule has 4 nitrogen and oxygen atoms in total. The van der Waals surface area contributed by atoms with Crippen LogP contribution in [-0.2, 0) is 11.3 Å². The number of hydrogen-bond donors (Lipinski definition) is 1. The molecule has 0 saturated heterocycles. The third kappa shape index (κ3) is 5.95. The fourth-order valence-electron chi connectivity index (χ4n) is 2.72. The zero-order valence-electron chi connectivity index (χ0n) is 13.8. The molecular weight excluding hydrogens is 278 g/mol. The Bertz CT molecular complexity index is 434. The van der Waals surface area contributed by atoms with E-state index < -0.39 is 6.10 Å². The molecule has 4 heteroatoms. The third-order valence-corrected chi connectivity index (χ3v) is 3.98. The van der Waals surface area contributed by atoms with Gasteiger partial charge in [0, 0.05) is 18.7 Å². The number of aliphatic hydroxyl groups is 1. The average Bonchev–Trinajstić information content (AvgIpc) is 3.32. The summed E-state index contributed by atoms with van der Waals surface area (Å²) in [6, 6.07) is 7.82. The molecule has 1 atom stereocenters. The molecule has 0 aliphatic heterocycles. The molecule has 0 spiro atoms. The second-order valence-electron chi connectivity index (χ2n) is 6.18. The van der Waals surface area contributed by atoms with Gasteiger partial charge >= 0.3 is 0 Å². The Hall–Kier alpha value is -1.10. The van der Waals surface area contributed by atoms with Crippen LogP contribution in [0.15, 0.2) is 24.3 Å². The maximum Gasteiger partial charge on any atom is 0.124 e. The van der Waals surface area contributed by atoms with Crippen LogP contribution < -0.4 is 4.74 Å². The van der Waals surface area contributed by atoms with Crippen molar-refractivity contribution in [1.82, 2.24) is 4.90 Å². The van der Waals surface area contributed by atoms with Gasteiger partial charge in [-0.2, -0.15) is 0 Å². The van der Waals surface area contributed by atoms with Gasteiger partial charge in [-0.15, -0.1) is 0 Å². The molecule has 0 unspecified atom stereocenters. The Morgan fingerprint density at radius 3 is 2.77 bits per heavy atom. The van der Waals surface area contributed by atoms with E-state index in [-0.39, 0.29) is 0 Å². The van der Waals surface area contributed by atoms with Gasteiger partial charge in [0.15, 0.2) is 0 Å². The quantitative estimate of drug-likeness (QED) is 0.682. The van der Waals surface area contributed by atoms with Crippen LogP contribution in [0.4, 0.5) is 0 Å². The molecule has 0 radical (unpaired) electrons. The summed E-state index contributed by atoms with van der Waals surface area (Å²) in [5.74, 6) is 1.69. The van der Waals surface area contributed by atoms with Gasteiger partial charge in [0.05, 0.1) is 26.4 Å². The van der Waals surface area contributed by atoms with Gasteiger partial charge in [-0.3, -0.25) is 0 Å². The molecule has 1 aliphatic carbocycles. The minimum absolute atomic E-state index is 0.364. The number of nitrogens with zero attached hydrogens (tertiary/aromatic N) is 1. The molecule has 0 amide bonds. The number of para-hydroxylation sites is 1. The molecule has 0 bridgehead atoms. The van der Waals surface area contributed by atoms with Crippen LogP contribution in [-0.4, -0.2) is 49.5 Å². The minimum Gasteiger partial charge on any atom is -0.496 e. The summed E-state index contributed by atoms with van der Waals surface area (Å²) in [6.07, 6.45) is 3.39. The molecule has 1 aliphatic rings. The molecule has 1 aromatic rings. The monoisotopic (exact) mass is 307 g/mol. The molecule has 2 rings (SSSR count). The lowest BCUT2D eigenvalue weighted by Gasteiger charge is -2.24. The Morgan fingerprint density at radius 1 is 1.32 bits per heavy atom. The highest BCUT2D eigenvalue weighted by Gasteiger charge is 2.24. The van der Waals surface area contributed by atoms with Crippen LogP contribution in [0.3, 0.4) is 0 Å². The van der Waals surface area contributed by atoms with Crippen LogP contribution in [0.1, 0.15) is 31.7 Å². The van der Waals surface area contributed by atoms with Crippen LogP contribution in [0.25, 0.3) is 0 Å². The number of methoxy groups -OCH3 is 1. The number of benzene rings is 1. The summed E-state index contributed by atoms with van der Waals surface area (Å²) in [5.41, 5.74) is 1.01. The van der Waals surface area contributed by atoms with E-state index in [4.69, 9.17) is 9.47 Å². The summed E-state index contributed by atoms with van der Waals surface area (Å²) in [4.78, 5) is 2.37. The molecule has 124 valence electrons. The van der Waals surface area contributed by atoms with Crippen molar-refractivity contribution in [2.24, 2.45) is 5.92 Å². The van der Waals surface area contributed by atoms with E-state index >= 15 is 0 Å². The molecular formula is C18H29NO3. The van der Waals surface area contributed by atoms with E-state index in [0.29, 0.717) is 19.8 Å². The highest BCUT2D eigenvalue weighted by molar-refractivity contribution is 5.32. The fourth-order valence-corrected chi connectivity index (χ4v) is 2.72. The van der Waals surface area contributed by atoms with Crippen LogP contribution >= 0.6 is 0 Å². The summed E-state index contributed by atoms with van der Waals surface area (Å²) >= 11 is 0. The largest absolute Gasteiger partial charge is 0.496 e. The highest BCUT2D eigenvalue weighted by atomic mass is 16.5. The van der Waals surface area contributed by atoms with Gasteiger partial charge in [-0.05, 0) is 37.8 Å². The molecule has 22 heavy (non-hydrogen) atoms. The second kappa shape index (κ2) is 9.13. The molecule has 0 heterocycles. The van der Waals surface area contributed by atoms with Crippen molar-refractivity contribution in [2.75, 3.05) is 33.4 Å². The van der Waals surface area contributed by atoms with Crippen LogP contribution in [0.5, 0.6) is 5.75 Å². The smallest absolute Gasteiger partial charge is 0.124 e. The average molecular weight is 307 g/mol. The predicted octanol–water partition coefficient (Wildman–Crippen LogP) is 2.69. The zero-order valence-corrected chi connectivity index (χ0v) is 13.8. The first-order chi connectivity index (χ1) is 10.7. The predicted molar refractivity (Wildman–Crippen MR) is 88.1 cm³/mol. The Kier molecular flexibility index (Phi) is 7.16. The lowest BCUT2D eigenvalue weighted by Crippen LogP contribution is -2.36. The lowest BCUT2D eigenvalue weighted by molar-refractivity contribution is 0.00871. The highest BCUT2D eigenvalue weighted by Crippen LogP contribution is 2.29. The molecule has 1 fully saturated rings. The molecule has 1 saturated carbocycles. The van der Waals surface area contributed by atoms with E-state index in [9.17, 15) is 5.11 Å². The number of hydrogen-bond acceptors (Lipinski definition) is 4. The lowest BCUT2D eigenvalue weighted by atomic mass is 10.2. The fraction of sp³-hybridized carbons (Fsp3) is 0.667. The third-order valence-electron chi connectivity index (χ3n) is 3.98. The van der Waals surface area contributed by atoms with Crippen molar-refractivity contribution in [2.45, 2.75) is 38.9 Å². The van der Waals surface area contributed by atoms with Gasteiger partial charge in [0.2, 0.25) is 0 Å². The standard InChI is InChI=1S/C18H29NO3/c1-3-10-19(11-15-8-9-15)12-17(20)14-22-13-16-6-4-5-7-18(16)21-2/h4-7,15,17,20H,3,8-14H2,1-2H3/t17-/m1/s1. The Balaban J connectivity index is 1.70.